The van der Waals surface area contributed by atoms with Crippen LogP contribution in [0.1, 0.15) is 31.9 Å². The molecule has 1 aromatic rings. The SMILES string of the molecule is CC1CN(C(=O)Cc2ccc(CN)cc2)CC(C)(C)O1. The fraction of sp³-hybridized carbons (Fsp3) is 0.562. The Labute approximate surface area is 120 Å². The molecule has 1 fully saturated rings. The first-order valence-corrected chi connectivity index (χ1v) is 7.13. The second-order valence-corrected chi connectivity index (χ2v) is 6.16. The molecule has 0 radical (unpaired) electrons. The molecule has 110 valence electrons. The highest BCUT2D eigenvalue weighted by Crippen LogP contribution is 2.21. The molecule has 2 rings (SSSR count). The lowest BCUT2D eigenvalue weighted by atomic mass is 10.0. The van der Waals surface area contributed by atoms with Crippen molar-refractivity contribution in [2.75, 3.05) is 13.1 Å². The highest BCUT2D eigenvalue weighted by Gasteiger charge is 2.33. The van der Waals surface area contributed by atoms with Crippen molar-refractivity contribution in [1.82, 2.24) is 4.90 Å². The fourth-order valence-electron chi connectivity index (χ4n) is 2.72. The van der Waals surface area contributed by atoms with Gasteiger partial charge in [0.1, 0.15) is 0 Å². The maximum absolute atomic E-state index is 12.4. The van der Waals surface area contributed by atoms with Crippen LogP contribution in [0.3, 0.4) is 0 Å². The number of benzene rings is 1. The summed E-state index contributed by atoms with van der Waals surface area (Å²) in [5.74, 6) is 0.161. The minimum absolute atomic E-state index is 0.0855. The van der Waals surface area contributed by atoms with Gasteiger partial charge in [-0.3, -0.25) is 4.79 Å². The number of carbonyl (C=O) groups excluding carboxylic acids is 1. The molecule has 1 amide bonds. The van der Waals surface area contributed by atoms with Gasteiger partial charge in [-0.2, -0.15) is 0 Å². The van der Waals surface area contributed by atoms with Gasteiger partial charge in [0, 0.05) is 19.6 Å². The van der Waals surface area contributed by atoms with Crippen LogP contribution in [0.15, 0.2) is 24.3 Å². The van der Waals surface area contributed by atoms with Crippen molar-refractivity contribution in [2.24, 2.45) is 5.73 Å². The summed E-state index contributed by atoms with van der Waals surface area (Å²) in [6.07, 6.45) is 0.524. The van der Waals surface area contributed by atoms with Crippen LogP contribution in [0.5, 0.6) is 0 Å². The molecule has 0 aromatic heterocycles. The number of morpholine rings is 1. The van der Waals surface area contributed by atoms with Gasteiger partial charge >= 0.3 is 0 Å². The van der Waals surface area contributed by atoms with Crippen LogP contribution < -0.4 is 5.73 Å². The molecule has 4 nitrogen and oxygen atoms in total. The Hall–Kier alpha value is -1.39. The van der Waals surface area contributed by atoms with Crippen LogP contribution in [0.2, 0.25) is 0 Å². The van der Waals surface area contributed by atoms with Crippen LogP contribution in [0.25, 0.3) is 0 Å². The van der Waals surface area contributed by atoms with E-state index in [1.54, 1.807) is 0 Å². The van der Waals surface area contributed by atoms with Crippen LogP contribution in [0.4, 0.5) is 0 Å². The number of carbonyl (C=O) groups is 1. The Morgan fingerprint density at radius 2 is 1.95 bits per heavy atom. The van der Waals surface area contributed by atoms with Gasteiger partial charge in [-0.05, 0) is 31.9 Å². The predicted molar refractivity (Wildman–Crippen MR) is 79.2 cm³/mol. The molecule has 2 N–H and O–H groups in total. The Balaban J connectivity index is 2.00. The average Bonchev–Trinajstić information content (AvgIpc) is 2.37. The van der Waals surface area contributed by atoms with Gasteiger partial charge in [-0.25, -0.2) is 0 Å². The number of hydrogen-bond donors (Lipinski definition) is 1. The average molecular weight is 276 g/mol. The summed E-state index contributed by atoms with van der Waals surface area (Å²) in [7, 11) is 0. The van der Waals surface area contributed by atoms with E-state index in [1.165, 1.54) is 0 Å². The van der Waals surface area contributed by atoms with Crippen molar-refractivity contribution in [1.29, 1.82) is 0 Å². The lowest BCUT2D eigenvalue weighted by Crippen LogP contribution is -2.54. The minimum atomic E-state index is -0.267. The topological polar surface area (TPSA) is 55.6 Å². The van der Waals surface area contributed by atoms with Crippen LogP contribution in [0, 0.1) is 0 Å². The predicted octanol–water partition coefficient (Wildman–Crippen LogP) is 1.71. The van der Waals surface area contributed by atoms with Crippen molar-refractivity contribution in [3.8, 4) is 0 Å². The molecular formula is C16H24N2O2. The number of ether oxygens (including phenoxy) is 1. The van der Waals surface area contributed by atoms with E-state index in [-0.39, 0.29) is 17.6 Å². The molecule has 0 aliphatic carbocycles. The molecular weight excluding hydrogens is 252 g/mol. The number of nitrogens with two attached hydrogens (primary N) is 1. The van der Waals surface area contributed by atoms with Crippen molar-refractivity contribution in [2.45, 2.75) is 45.4 Å². The molecule has 20 heavy (non-hydrogen) atoms. The van der Waals surface area contributed by atoms with E-state index in [0.29, 0.717) is 26.1 Å². The van der Waals surface area contributed by atoms with E-state index < -0.39 is 0 Å². The molecule has 1 unspecified atom stereocenters. The van der Waals surface area contributed by atoms with Crippen molar-refractivity contribution >= 4 is 5.91 Å². The Kier molecular flexibility index (Phi) is 4.45. The number of nitrogens with zero attached hydrogens (tertiary/aromatic N) is 1. The maximum atomic E-state index is 12.4. The van der Waals surface area contributed by atoms with Gasteiger partial charge < -0.3 is 15.4 Å². The zero-order valence-electron chi connectivity index (χ0n) is 12.6. The molecule has 1 aliphatic rings. The largest absolute Gasteiger partial charge is 0.369 e. The third-order valence-electron chi connectivity index (χ3n) is 3.54. The van der Waals surface area contributed by atoms with E-state index in [2.05, 4.69) is 0 Å². The van der Waals surface area contributed by atoms with E-state index in [9.17, 15) is 4.79 Å². The van der Waals surface area contributed by atoms with Gasteiger partial charge in [-0.1, -0.05) is 24.3 Å². The zero-order valence-corrected chi connectivity index (χ0v) is 12.6. The van der Waals surface area contributed by atoms with E-state index in [4.69, 9.17) is 10.5 Å². The van der Waals surface area contributed by atoms with Crippen molar-refractivity contribution < 1.29 is 9.53 Å². The number of amides is 1. The summed E-state index contributed by atoms with van der Waals surface area (Å²) in [6.45, 7) is 7.92. The summed E-state index contributed by atoms with van der Waals surface area (Å²) in [5.41, 5.74) is 7.42. The number of rotatable bonds is 3. The van der Waals surface area contributed by atoms with Gasteiger partial charge in [0.2, 0.25) is 5.91 Å². The standard InChI is InChI=1S/C16H24N2O2/c1-12-10-18(11-16(2,3)20-12)15(19)8-13-4-6-14(9-17)7-5-13/h4-7,12H,8-11,17H2,1-3H3. The summed E-state index contributed by atoms with van der Waals surface area (Å²) in [4.78, 5) is 14.3. The number of hydrogen-bond acceptors (Lipinski definition) is 3. The molecule has 1 atom stereocenters. The minimum Gasteiger partial charge on any atom is -0.369 e. The van der Waals surface area contributed by atoms with Gasteiger partial charge in [-0.15, -0.1) is 0 Å². The van der Waals surface area contributed by atoms with Crippen LogP contribution in [-0.4, -0.2) is 35.6 Å². The van der Waals surface area contributed by atoms with Crippen LogP contribution >= 0.6 is 0 Å². The zero-order chi connectivity index (χ0) is 14.8. The highest BCUT2D eigenvalue weighted by atomic mass is 16.5. The monoisotopic (exact) mass is 276 g/mol. The third kappa shape index (κ3) is 3.81. The first-order valence-electron chi connectivity index (χ1n) is 7.13. The summed E-state index contributed by atoms with van der Waals surface area (Å²) in [6, 6.07) is 7.92. The summed E-state index contributed by atoms with van der Waals surface area (Å²) >= 11 is 0. The second-order valence-electron chi connectivity index (χ2n) is 6.16. The fourth-order valence-corrected chi connectivity index (χ4v) is 2.72. The molecule has 1 saturated heterocycles. The smallest absolute Gasteiger partial charge is 0.227 e. The summed E-state index contributed by atoms with van der Waals surface area (Å²) in [5, 5.41) is 0. The van der Waals surface area contributed by atoms with Crippen molar-refractivity contribution in [3.05, 3.63) is 35.4 Å². The molecule has 1 aromatic carbocycles. The highest BCUT2D eigenvalue weighted by molar-refractivity contribution is 5.79. The maximum Gasteiger partial charge on any atom is 0.227 e. The van der Waals surface area contributed by atoms with E-state index in [0.717, 1.165) is 11.1 Å². The second kappa shape index (κ2) is 5.94. The Bertz CT molecular complexity index is 468. The lowest BCUT2D eigenvalue weighted by molar-refractivity contribution is -0.157. The third-order valence-corrected chi connectivity index (χ3v) is 3.54. The molecule has 1 aliphatic heterocycles. The molecule has 4 heteroatoms. The normalized spacial score (nSPS) is 21.8. The first kappa shape index (κ1) is 15.0. The van der Waals surface area contributed by atoms with Gasteiger partial charge in [0.25, 0.3) is 0 Å². The van der Waals surface area contributed by atoms with Crippen molar-refractivity contribution in [3.63, 3.8) is 0 Å². The van der Waals surface area contributed by atoms with Gasteiger partial charge in [0.05, 0.1) is 18.1 Å². The Morgan fingerprint density at radius 1 is 1.35 bits per heavy atom. The molecule has 1 heterocycles. The molecule has 0 saturated carbocycles. The molecule has 0 spiro atoms. The first-order chi connectivity index (χ1) is 9.39. The lowest BCUT2D eigenvalue weighted by Gasteiger charge is -2.41. The van der Waals surface area contributed by atoms with Crippen LogP contribution in [-0.2, 0) is 22.5 Å². The van der Waals surface area contributed by atoms with E-state index in [1.807, 2.05) is 49.9 Å². The quantitative estimate of drug-likeness (QED) is 0.914. The Morgan fingerprint density at radius 3 is 2.50 bits per heavy atom. The van der Waals surface area contributed by atoms with Gasteiger partial charge in [0.15, 0.2) is 0 Å². The summed E-state index contributed by atoms with van der Waals surface area (Å²) < 4.78 is 5.83. The molecule has 0 bridgehead atoms. The van der Waals surface area contributed by atoms with E-state index >= 15 is 0 Å².